The fourth-order valence-electron chi connectivity index (χ4n) is 5.04. The number of carbonyl (C=O) groups is 1. The summed E-state index contributed by atoms with van der Waals surface area (Å²) in [6, 6.07) is 25.2. The Morgan fingerprint density at radius 3 is 2.25 bits per heavy atom. The van der Waals surface area contributed by atoms with Crippen LogP contribution >= 0.6 is 0 Å². The van der Waals surface area contributed by atoms with Crippen LogP contribution in [0.25, 0.3) is 11.1 Å². The third-order valence-electron chi connectivity index (χ3n) is 6.87. The van der Waals surface area contributed by atoms with Gasteiger partial charge in [-0.15, -0.1) is 0 Å². The van der Waals surface area contributed by atoms with Crippen LogP contribution in [0.15, 0.2) is 89.9 Å². The van der Waals surface area contributed by atoms with E-state index in [4.69, 9.17) is 20.2 Å². The summed E-state index contributed by atoms with van der Waals surface area (Å²) in [6.45, 7) is 1.94. The van der Waals surface area contributed by atoms with Gasteiger partial charge in [0.05, 0.1) is 14.2 Å². The average Bonchev–Trinajstić information content (AvgIpc) is 3.25. The van der Waals surface area contributed by atoms with Crippen molar-refractivity contribution in [3.8, 4) is 28.4 Å². The maximum Gasteiger partial charge on any atom is 0.491 e. The van der Waals surface area contributed by atoms with Crippen molar-refractivity contribution in [3.05, 3.63) is 113 Å². The SMILES string of the molecule is COc1cc(OC(=O)C(F)(F)F)cc(-c2cccc(C3(c4ccc(OC)c(C)c4)N=C(N)c4ccccc43)c2)c1. The molecule has 0 fully saturated rings. The average molecular weight is 547 g/mol. The molecule has 0 saturated carbocycles. The maximum absolute atomic E-state index is 12.9. The van der Waals surface area contributed by atoms with Crippen molar-refractivity contribution >= 4 is 11.8 Å². The van der Waals surface area contributed by atoms with E-state index in [2.05, 4.69) is 4.74 Å². The Labute approximate surface area is 228 Å². The lowest BCUT2D eigenvalue weighted by Crippen LogP contribution is -2.28. The molecule has 0 aromatic heterocycles. The number of nitrogens with two attached hydrogens (primary N) is 1. The molecule has 0 bridgehead atoms. The maximum atomic E-state index is 12.9. The molecule has 0 spiro atoms. The van der Waals surface area contributed by atoms with E-state index in [9.17, 15) is 18.0 Å². The summed E-state index contributed by atoms with van der Waals surface area (Å²) < 4.78 is 53.9. The molecule has 0 aliphatic carbocycles. The Morgan fingerprint density at radius 1 is 0.825 bits per heavy atom. The molecular formula is C31H25F3N2O4. The van der Waals surface area contributed by atoms with Gasteiger partial charge in [0.25, 0.3) is 0 Å². The van der Waals surface area contributed by atoms with E-state index < -0.39 is 17.7 Å². The number of nitrogens with zero attached hydrogens (tertiary/aromatic N) is 1. The quantitative estimate of drug-likeness (QED) is 0.231. The van der Waals surface area contributed by atoms with E-state index in [1.807, 2.05) is 67.6 Å². The molecule has 1 aliphatic heterocycles. The molecule has 4 aromatic rings. The first kappa shape index (κ1) is 26.8. The summed E-state index contributed by atoms with van der Waals surface area (Å²) in [5, 5.41) is 0. The van der Waals surface area contributed by atoms with Gasteiger partial charge in [-0.2, -0.15) is 13.2 Å². The van der Waals surface area contributed by atoms with Gasteiger partial charge in [-0.05, 0) is 70.6 Å². The summed E-state index contributed by atoms with van der Waals surface area (Å²) in [6.07, 6.45) is -5.14. The predicted molar refractivity (Wildman–Crippen MR) is 145 cm³/mol. The second-order valence-corrected chi connectivity index (χ2v) is 9.30. The first-order valence-corrected chi connectivity index (χ1v) is 12.3. The number of halogens is 3. The number of fused-ring (bicyclic) bond motifs is 1. The molecule has 6 nitrogen and oxygen atoms in total. The van der Waals surface area contributed by atoms with E-state index in [1.165, 1.54) is 19.2 Å². The largest absolute Gasteiger partial charge is 0.497 e. The van der Waals surface area contributed by atoms with Crippen LogP contribution < -0.4 is 19.9 Å². The molecule has 204 valence electrons. The first-order chi connectivity index (χ1) is 19.1. The standard InChI is InChI=1S/C31H25F3N2O4/c1-18-13-22(11-12-27(18)39-3)30(26-10-5-4-9-25(26)28(35)36-30)21-8-6-7-19(14-21)20-15-23(38-2)17-24(16-20)40-29(37)31(32,33)34/h4-17H,1-3H3,(H2,35,36). The van der Waals surface area contributed by atoms with Gasteiger partial charge in [0.2, 0.25) is 0 Å². The molecule has 4 aromatic carbocycles. The lowest BCUT2D eigenvalue weighted by atomic mass is 9.76. The van der Waals surface area contributed by atoms with Crippen LogP contribution in [0, 0.1) is 6.92 Å². The molecule has 0 radical (unpaired) electrons. The van der Waals surface area contributed by atoms with Gasteiger partial charge in [0.1, 0.15) is 28.6 Å². The lowest BCUT2D eigenvalue weighted by molar-refractivity contribution is -0.189. The lowest BCUT2D eigenvalue weighted by Gasteiger charge is -2.30. The Bertz CT molecular complexity index is 1650. The van der Waals surface area contributed by atoms with E-state index >= 15 is 0 Å². The van der Waals surface area contributed by atoms with Gasteiger partial charge < -0.3 is 19.9 Å². The predicted octanol–water partition coefficient (Wildman–Crippen LogP) is 6.16. The van der Waals surface area contributed by atoms with Crippen molar-refractivity contribution in [1.29, 1.82) is 0 Å². The molecule has 1 heterocycles. The van der Waals surface area contributed by atoms with Gasteiger partial charge in [-0.25, -0.2) is 9.79 Å². The fraction of sp³-hybridized carbons (Fsp3) is 0.161. The minimum absolute atomic E-state index is 0.224. The Kier molecular flexibility index (Phi) is 6.75. The summed E-state index contributed by atoms with van der Waals surface area (Å²) in [4.78, 5) is 16.5. The van der Waals surface area contributed by atoms with Crippen LogP contribution in [0.5, 0.6) is 17.2 Å². The summed E-state index contributed by atoms with van der Waals surface area (Å²) >= 11 is 0. The van der Waals surface area contributed by atoms with Crippen molar-refractivity contribution in [1.82, 2.24) is 0 Å². The van der Waals surface area contributed by atoms with E-state index in [-0.39, 0.29) is 11.5 Å². The van der Waals surface area contributed by atoms with Crippen molar-refractivity contribution in [2.45, 2.75) is 18.6 Å². The number of hydrogen-bond donors (Lipinski definition) is 1. The third kappa shape index (κ3) is 4.64. The van der Waals surface area contributed by atoms with Crippen molar-refractivity contribution in [2.24, 2.45) is 10.7 Å². The zero-order chi connectivity index (χ0) is 28.7. The van der Waals surface area contributed by atoms with Crippen LogP contribution in [0.3, 0.4) is 0 Å². The topological polar surface area (TPSA) is 83.1 Å². The van der Waals surface area contributed by atoms with Gasteiger partial charge in [-0.1, -0.05) is 48.5 Å². The Hall–Kier alpha value is -4.79. The smallest absolute Gasteiger partial charge is 0.491 e. The Balaban J connectivity index is 1.69. The van der Waals surface area contributed by atoms with E-state index in [1.54, 1.807) is 19.2 Å². The molecule has 1 aliphatic rings. The van der Waals surface area contributed by atoms with Crippen molar-refractivity contribution in [2.75, 3.05) is 14.2 Å². The van der Waals surface area contributed by atoms with Crippen LogP contribution in [0.4, 0.5) is 13.2 Å². The molecule has 0 saturated heterocycles. The molecule has 2 N–H and O–H groups in total. The molecule has 5 rings (SSSR count). The molecule has 0 amide bonds. The number of hydrogen-bond acceptors (Lipinski definition) is 6. The van der Waals surface area contributed by atoms with Gasteiger partial charge in [0.15, 0.2) is 0 Å². The molecule has 1 atom stereocenters. The number of ether oxygens (including phenoxy) is 3. The zero-order valence-corrected chi connectivity index (χ0v) is 21.9. The molecule has 40 heavy (non-hydrogen) atoms. The number of aryl methyl sites for hydroxylation is 1. The molecule has 9 heteroatoms. The van der Waals surface area contributed by atoms with Gasteiger partial charge in [0, 0.05) is 11.6 Å². The normalized spacial score (nSPS) is 16.2. The van der Waals surface area contributed by atoms with E-state index in [0.29, 0.717) is 17.0 Å². The highest BCUT2D eigenvalue weighted by Crippen LogP contribution is 2.47. The highest BCUT2D eigenvalue weighted by Gasteiger charge is 2.43. The second kappa shape index (κ2) is 10.1. The minimum Gasteiger partial charge on any atom is -0.497 e. The van der Waals surface area contributed by atoms with Crippen LogP contribution in [0.1, 0.15) is 27.8 Å². The summed E-state index contributed by atoms with van der Waals surface area (Å²) in [5.74, 6) is -1.27. The van der Waals surface area contributed by atoms with Crippen LogP contribution in [-0.2, 0) is 10.3 Å². The van der Waals surface area contributed by atoms with Crippen molar-refractivity contribution in [3.63, 3.8) is 0 Å². The third-order valence-corrected chi connectivity index (χ3v) is 6.87. The number of amidine groups is 1. The van der Waals surface area contributed by atoms with E-state index in [0.717, 1.165) is 33.6 Å². The minimum atomic E-state index is -5.14. The molecule has 1 unspecified atom stereocenters. The monoisotopic (exact) mass is 546 g/mol. The number of alkyl halides is 3. The Morgan fingerprint density at radius 2 is 1.55 bits per heavy atom. The first-order valence-electron chi connectivity index (χ1n) is 12.3. The van der Waals surface area contributed by atoms with Crippen LogP contribution in [-0.4, -0.2) is 32.2 Å². The number of benzene rings is 4. The second-order valence-electron chi connectivity index (χ2n) is 9.30. The number of esters is 1. The number of aliphatic imine (C=N–C) groups is 1. The van der Waals surface area contributed by atoms with Crippen molar-refractivity contribution < 1.29 is 32.2 Å². The number of carbonyl (C=O) groups excluding carboxylic acids is 1. The molecular weight excluding hydrogens is 521 g/mol. The summed E-state index contributed by atoms with van der Waals surface area (Å²) in [7, 11) is 2.98. The number of rotatable bonds is 6. The van der Waals surface area contributed by atoms with Gasteiger partial charge in [-0.3, -0.25) is 0 Å². The summed E-state index contributed by atoms with van der Waals surface area (Å²) in [5.41, 5.74) is 10.8. The fourth-order valence-corrected chi connectivity index (χ4v) is 5.04. The zero-order valence-electron chi connectivity index (χ0n) is 21.9. The van der Waals surface area contributed by atoms with Gasteiger partial charge >= 0.3 is 12.1 Å². The highest BCUT2D eigenvalue weighted by atomic mass is 19.4. The van der Waals surface area contributed by atoms with Crippen LogP contribution in [0.2, 0.25) is 0 Å². The number of methoxy groups -OCH3 is 2. The highest BCUT2D eigenvalue weighted by molar-refractivity contribution is 6.03.